The molecule has 0 spiro atoms. The van der Waals surface area contributed by atoms with Gasteiger partial charge in [-0.05, 0) is 83.5 Å². The summed E-state index contributed by atoms with van der Waals surface area (Å²) in [4.78, 5) is 58.3. The summed E-state index contributed by atoms with van der Waals surface area (Å²) in [6.45, 7) is 2.53. The van der Waals surface area contributed by atoms with Gasteiger partial charge in [-0.25, -0.2) is 9.13 Å². The second kappa shape index (κ2) is 67.0. The van der Waals surface area contributed by atoms with E-state index in [1.165, 1.54) is 148 Å². The van der Waals surface area contributed by atoms with Crippen LogP contribution in [0.1, 0.15) is 316 Å². The highest BCUT2D eigenvalue weighted by atomic mass is 31.2. The van der Waals surface area contributed by atoms with Gasteiger partial charge in [0.25, 0.3) is 0 Å². The second-order valence-corrected chi connectivity index (χ2v) is 27.3. The van der Waals surface area contributed by atoms with Crippen molar-refractivity contribution in [2.24, 2.45) is 0 Å². The SMILES string of the molecule is CC/C=C\C/C=C\C/C=C\C/C=C\C/C=C\CCCCCCCCCCCCCCCCCC(=O)OCC(O)COP(=O)(O)OCC(O)COP(=O)(O)OCC(COC(=O)CCCCCCCCCCCCCCC)OC(=O)CCCCCCC/C=C\CCCC. The van der Waals surface area contributed by atoms with Crippen LogP contribution in [0, 0.1) is 0 Å². The van der Waals surface area contributed by atoms with Crippen molar-refractivity contribution in [2.45, 2.75) is 334 Å². The quantitative estimate of drug-likeness (QED) is 0.0146. The predicted octanol–water partition coefficient (Wildman–Crippen LogP) is 20.3. The number of phosphoric ester groups is 2. The van der Waals surface area contributed by atoms with Crippen molar-refractivity contribution in [3.05, 3.63) is 72.9 Å². The topological polar surface area (TPSA) is 231 Å². The Kier molecular flexibility index (Phi) is 64.8. The van der Waals surface area contributed by atoms with Crippen LogP contribution in [0.25, 0.3) is 0 Å². The fourth-order valence-corrected chi connectivity index (χ4v) is 11.5. The Labute approximate surface area is 553 Å². The monoisotopic (exact) mass is 1330 g/mol. The van der Waals surface area contributed by atoms with Crippen LogP contribution in [0.3, 0.4) is 0 Å². The van der Waals surface area contributed by atoms with E-state index in [4.69, 9.17) is 32.3 Å². The molecule has 0 aliphatic rings. The first-order chi connectivity index (χ1) is 44.2. The number of aliphatic hydroxyl groups excluding tert-OH is 2. The highest BCUT2D eigenvalue weighted by molar-refractivity contribution is 7.47. The number of carbonyl (C=O) groups excluding carboxylic acids is 3. The van der Waals surface area contributed by atoms with Crippen molar-refractivity contribution in [3.63, 3.8) is 0 Å². The predicted molar refractivity (Wildman–Crippen MR) is 372 cm³/mol. The lowest BCUT2D eigenvalue weighted by Gasteiger charge is -2.21. The minimum atomic E-state index is -4.91. The summed E-state index contributed by atoms with van der Waals surface area (Å²) in [5.41, 5.74) is 0. The van der Waals surface area contributed by atoms with Crippen molar-refractivity contribution in [3.8, 4) is 0 Å². The molecule has 0 rings (SSSR count). The van der Waals surface area contributed by atoms with E-state index in [0.717, 1.165) is 109 Å². The summed E-state index contributed by atoms with van der Waals surface area (Å²) in [6, 6.07) is 0. The van der Waals surface area contributed by atoms with Crippen LogP contribution < -0.4 is 0 Å². The summed E-state index contributed by atoms with van der Waals surface area (Å²) in [6.07, 6.45) is 71.3. The lowest BCUT2D eigenvalue weighted by Crippen LogP contribution is -2.30. The average molecular weight is 1330 g/mol. The molecule has 0 aliphatic carbocycles. The summed E-state index contributed by atoms with van der Waals surface area (Å²) in [7, 11) is -9.76. The smallest absolute Gasteiger partial charge is 0.463 e. The molecule has 530 valence electrons. The maximum absolute atomic E-state index is 12.8. The van der Waals surface area contributed by atoms with Crippen molar-refractivity contribution in [1.29, 1.82) is 0 Å². The van der Waals surface area contributed by atoms with Crippen LogP contribution in [0.4, 0.5) is 0 Å². The molecule has 4 N–H and O–H groups in total. The first-order valence-electron chi connectivity index (χ1n) is 36.2. The molecule has 0 fully saturated rings. The van der Waals surface area contributed by atoms with Gasteiger partial charge < -0.3 is 34.2 Å². The largest absolute Gasteiger partial charge is 0.472 e. The van der Waals surface area contributed by atoms with Crippen molar-refractivity contribution in [2.75, 3.05) is 39.6 Å². The maximum Gasteiger partial charge on any atom is 0.472 e. The Morgan fingerprint density at radius 2 is 0.593 bits per heavy atom. The number of unbranched alkanes of at least 4 members (excludes halogenated alkanes) is 34. The summed E-state index contributed by atoms with van der Waals surface area (Å²) in [5, 5.41) is 20.5. The Morgan fingerprint density at radius 3 is 0.967 bits per heavy atom. The molecule has 0 saturated carbocycles. The van der Waals surface area contributed by atoms with E-state index in [1.807, 2.05) is 0 Å². The molecule has 5 atom stereocenters. The van der Waals surface area contributed by atoms with Gasteiger partial charge in [-0.2, -0.15) is 0 Å². The fourth-order valence-electron chi connectivity index (χ4n) is 9.87. The van der Waals surface area contributed by atoms with Gasteiger partial charge in [-0.1, -0.05) is 286 Å². The zero-order chi connectivity index (χ0) is 66.7. The molecule has 0 radical (unpaired) electrons. The molecule has 16 nitrogen and oxygen atoms in total. The zero-order valence-corrected chi connectivity index (χ0v) is 59.3. The first-order valence-corrected chi connectivity index (χ1v) is 39.2. The molecule has 0 saturated heterocycles. The average Bonchev–Trinajstić information content (AvgIpc) is 3.61. The van der Waals surface area contributed by atoms with Crippen molar-refractivity contribution >= 4 is 33.6 Å². The van der Waals surface area contributed by atoms with Crippen LogP contribution in [-0.4, -0.2) is 95.9 Å². The van der Waals surface area contributed by atoms with Crippen molar-refractivity contribution in [1.82, 2.24) is 0 Å². The molecule has 0 amide bonds. The van der Waals surface area contributed by atoms with E-state index in [0.29, 0.717) is 19.3 Å². The van der Waals surface area contributed by atoms with Gasteiger partial charge in [-0.3, -0.25) is 32.5 Å². The van der Waals surface area contributed by atoms with E-state index < -0.39 is 91.5 Å². The number of phosphoric acid groups is 2. The third-order valence-corrected chi connectivity index (χ3v) is 17.3. The molecular weight excluding hydrogens is 1190 g/mol. The minimum Gasteiger partial charge on any atom is -0.463 e. The summed E-state index contributed by atoms with van der Waals surface area (Å²) >= 11 is 0. The minimum absolute atomic E-state index is 0.0989. The Morgan fingerprint density at radius 1 is 0.319 bits per heavy atom. The second-order valence-electron chi connectivity index (χ2n) is 24.4. The molecule has 0 aromatic rings. The highest BCUT2D eigenvalue weighted by Crippen LogP contribution is 2.45. The van der Waals surface area contributed by atoms with E-state index in [1.54, 1.807) is 0 Å². The lowest BCUT2D eigenvalue weighted by molar-refractivity contribution is -0.161. The normalized spacial score (nSPS) is 14.6. The Balaban J connectivity index is 4.32. The number of esters is 3. The number of hydrogen-bond donors (Lipinski definition) is 4. The van der Waals surface area contributed by atoms with Crippen molar-refractivity contribution < 1.29 is 75.8 Å². The number of ether oxygens (including phenoxy) is 3. The fraction of sp³-hybridized carbons (Fsp3) is 0.795. The van der Waals surface area contributed by atoms with Crippen LogP contribution in [-0.2, 0) is 55.8 Å². The van der Waals surface area contributed by atoms with E-state index in [-0.39, 0.29) is 19.3 Å². The number of carbonyl (C=O) groups is 3. The van der Waals surface area contributed by atoms with Gasteiger partial charge in [0.15, 0.2) is 6.10 Å². The number of rotatable bonds is 69. The van der Waals surface area contributed by atoms with Crippen LogP contribution in [0.5, 0.6) is 0 Å². The Bertz CT molecular complexity index is 1950. The van der Waals surface area contributed by atoms with E-state index >= 15 is 0 Å². The molecule has 5 unspecified atom stereocenters. The van der Waals surface area contributed by atoms with Crippen LogP contribution >= 0.6 is 15.6 Å². The molecule has 91 heavy (non-hydrogen) atoms. The molecule has 0 aromatic heterocycles. The summed E-state index contributed by atoms with van der Waals surface area (Å²) < 4.78 is 60.8. The number of hydrogen-bond acceptors (Lipinski definition) is 14. The van der Waals surface area contributed by atoms with Gasteiger partial charge in [0, 0.05) is 19.3 Å². The van der Waals surface area contributed by atoms with E-state index in [2.05, 4.69) is 93.7 Å². The molecular formula is C73H132O16P2. The van der Waals surface area contributed by atoms with Crippen LogP contribution in [0.2, 0.25) is 0 Å². The summed E-state index contributed by atoms with van der Waals surface area (Å²) in [5.74, 6) is -1.57. The van der Waals surface area contributed by atoms with Gasteiger partial charge in [0.1, 0.15) is 25.4 Å². The number of aliphatic hydroxyl groups is 2. The molecule has 0 aliphatic heterocycles. The Hall–Kier alpha value is -3.01. The molecule has 0 heterocycles. The third-order valence-electron chi connectivity index (χ3n) is 15.4. The third kappa shape index (κ3) is 68.2. The van der Waals surface area contributed by atoms with Gasteiger partial charge in [0.05, 0.1) is 26.4 Å². The maximum atomic E-state index is 12.8. The van der Waals surface area contributed by atoms with Gasteiger partial charge >= 0.3 is 33.6 Å². The van der Waals surface area contributed by atoms with E-state index in [9.17, 15) is 43.5 Å². The van der Waals surface area contributed by atoms with Crippen LogP contribution in [0.15, 0.2) is 72.9 Å². The molecule has 18 heteroatoms. The molecule has 0 bridgehead atoms. The molecule has 0 aromatic carbocycles. The zero-order valence-electron chi connectivity index (χ0n) is 57.5. The van der Waals surface area contributed by atoms with Gasteiger partial charge in [-0.15, -0.1) is 0 Å². The first kappa shape index (κ1) is 88.0. The van der Waals surface area contributed by atoms with Gasteiger partial charge in [0.2, 0.25) is 0 Å². The number of allylic oxidation sites excluding steroid dienone is 12. The highest BCUT2D eigenvalue weighted by Gasteiger charge is 2.29. The lowest BCUT2D eigenvalue weighted by atomic mass is 10.0. The standard InChI is InChI=1S/C73H132O16P2/c1-4-7-10-13-16-19-22-24-25-26-27-28-29-30-31-32-33-34-35-36-37-38-39-40-41-43-46-47-50-53-56-59-71(76)83-62-68(74)63-85-90(79,80)86-64-69(75)65-87-91(81,82)88-67-70(89-73(78)61-58-55-52-49-44-21-18-15-12-9-6-3)66-84-72(77)60-57-54-51-48-45-42-23-20-17-14-11-8-5-2/h7,10,15-16,18-19,24-25,27-28,30-31,68-70,74-75H,4-6,8-9,11-14,17,20-23,26,29,32-67H2,1-3H3,(H,79,80)(H,81,82)/b10-7-,18-15-,19-16-,25-24-,28-27-,31-30-.